The lowest BCUT2D eigenvalue weighted by Gasteiger charge is -2.16. The van der Waals surface area contributed by atoms with Gasteiger partial charge in [-0.15, -0.1) is 0 Å². The number of carbonyl (C=O) groups excluding carboxylic acids is 1. The van der Waals surface area contributed by atoms with E-state index in [0.29, 0.717) is 31.9 Å². The van der Waals surface area contributed by atoms with Gasteiger partial charge in [0.15, 0.2) is 5.69 Å². The Morgan fingerprint density at radius 3 is 2.71 bits per heavy atom. The van der Waals surface area contributed by atoms with Gasteiger partial charge in [0.25, 0.3) is 0 Å². The zero-order chi connectivity index (χ0) is 17.9. The number of aromatic nitrogens is 2. The molecule has 1 aliphatic rings. The first-order valence-electron chi connectivity index (χ1n) is 7.97. The smallest absolute Gasteiger partial charge is 0.382 e. The second-order valence-corrected chi connectivity index (χ2v) is 6.57. The Hall–Kier alpha value is -1.09. The molecule has 5 nitrogen and oxygen atoms in total. The van der Waals surface area contributed by atoms with Gasteiger partial charge in [-0.05, 0) is 49.0 Å². The van der Waals surface area contributed by atoms with Crippen molar-refractivity contribution in [1.82, 2.24) is 15.1 Å². The highest BCUT2D eigenvalue weighted by Crippen LogP contribution is 2.47. The zero-order valence-electron chi connectivity index (χ0n) is 13.6. The van der Waals surface area contributed by atoms with Gasteiger partial charge in [-0.2, -0.15) is 18.3 Å². The van der Waals surface area contributed by atoms with Gasteiger partial charge in [-0.3, -0.25) is 9.48 Å². The maximum absolute atomic E-state index is 13.1. The van der Waals surface area contributed by atoms with Crippen LogP contribution in [-0.2, 0) is 15.7 Å². The minimum atomic E-state index is -4.55. The van der Waals surface area contributed by atoms with Gasteiger partial charge in [-0.1, -0.05) is 0 Å². The molecule has 0 spiro atoms. The third-order valence-corrected chi connectivity index (χ3v) is 4.62. The number of nitrogens with one attached hydrogen (secondary N) is 1. The molecule has 24 heavy (non-hydrogen) atoms. The summed E-state index contributed by atoms with van der Waals surface area (Å²) in [6, 6.07) is -0.805. The van der Waals surface area contributed by atoms with Gasteiger partial charge < -0.3 is 10.1 Å². The van der Waals surface area contributed by atoms with Crippen LogP contribution in [0.5, 0.6) is 0 Å². The number of amides is 1. The number of hydrogen-bond donors (Lipinski definition) is 1. The summed E-state index contributed by atoms with van der Waals surface area (Å²) in [6.07, 6.45) is -2.28. The molecule has 1 unspecified atom stereocenters. The largest absolute Gasteiger partial charge is 0.436 e. The predicted octanol–water partition coefficient (Wildman–Crippen LogP) is 3.65. The van der Waals surface area contributed by atoms with Crippen molar-refractivity contribution in [3.05, 3.63) is 15.9 Å². The fraction of sp³-hybridized carbons (Fsp3) is 0.733. The van der Waals surface area contributed by atoms with Gasteiger partial charge in [0, 0.05) is 25.7 Å². The summed E-state index contributed by atoms with van der Waals surface area (Å²) in [6.45, 7) is 4.99. The maximum atomic E-state index is 13.1. The van der Waals surface area contributed by atoms with E-state index in [1.54, 1.807) is 6.92 Å². The first-order valence-corrected chi connectivity index (χ1v) is 8.77. The Bertz CT molecular complexity index is 585. The van der Waals surface area contributed by atoms with E-state index in [1.807, 2.05) is 6.92 Å². The van der Waals surface area contributed by atoms with Gasteiger partial charge in [-0.25, -0.2) is 0 Å². The van der Waals surface area contributed by atoms with Crippen LogP contribution >= 0.6 is 15.9 Å². The molecule has 9 heteroatoms. The number of halogens is 4. The summed E-state index contributed by atoms with van der Waals surface area (Å²) in [5, 5.41) is 6.40. The topological polar surface area (TPSA) is 56.1 Å². The average molecular weight is 412 g/mol. The van der Waals surface area contributed by atoms with Crippen molar-refractivity contribution < 1.29 is 22.7 Å². The molecule has 1 aromatic heterocycles. The zero-order valence-corrected chi connectivity index (χ0v) is 15.2. The molecule has 1 heterocycles. The number of carbonyl (C=O) groups is 1. The van der Waals surface area contributed by atoms with Crippen molar-refractivity contribution >= 4 is 21.8 Å². The van der Waals surface area contributed by atoms with Crippen LogP contribution in [0.15, 0.2) is 4.47 Å². The molecule has 2 rings (SSSR count). The monoisotopic (exact) mass is 411 g/mol. The molecule has 0 bridgehead atoms. The minimum absolute atomic E-state index is 0.0242. The molecule has 0 aromatic carbocycles. The van der Waals surface area contributed by atoms with Gasteiger partial charge >= 0.3 is 6.18 Å². The number of ether oxygens (including phenoxy) is 1. The average Bonchev–Trinajstić information content (AvgIpc) is 3.27. The number of hydrogen-bond acceptors (Lipinski definition) is 3. The lowest BCUT2D eigenvalue weighted by atomic mass is 10.2. The van der Waals surface area contributed by atoms with E-state index in [0.717, 1.165) is 12.8 Å². The van der Waals surface area contributed by atoms with Gasteiger partial charge in [0.2, 0.25) is 5.91 Å². The highest BCUT2D eigenvalue weighted by atomic mass is 79.9. The Morgan fingerprint density at radius 1 is 1.50 bits per heavy atom. The second kappa shape index (κ2) is 7.86. The summed E-state index contributed by atoms with van der Waals surface area (Å²) in [4.78, 5) is 12.2. The summed E-state index contributed by atoms with van der Waals surface area (Å²) < 4.78 is 45.6. The van der Waals surface area contributed by atoms with E-state index in [2.05, 4.69) is 26.3 Å². The van der Waals surface area contributed by atoms with Crippen molar-refractivity contribution in [2.24, 2.45) is 0 Å². The van der Waals surface area contributed by atoms with E-state index in [1.165, 1.54) is 4.68 Å². The van der Waals surface area contributed by atoms with Crippen LogP contribution in [0.2, 0.25) is 0 Å². The molecule has 1 N–H and O–H groups in total. The molecule has 1 fully saturated rings. The standard InChI is InChI=1S/C15H21BrF3N3O2/c1-3-24-8-4-7-20-14(23)9(2)22-12(10-5-6-10)11(16)13(21-22)15(17,18)19/h9-10H,3-8H2,1-2H3,(H,20,23). The van der Waals surface area contributed by atoms with Gasteiger partial charge in [0.05, 0.1) is 10.2 Å². The van der Waals surface area contributed by atoms with E-state index >= 15 is 0 Å². The lowest BCUT2D eigenvalue weighted by molar-refractivity contribution is -0.142. The second-order valence-electron chi connectivity index (χ2n) is 5.78. The highest BCUT2D eigenvalue weighted by molar-refractivity contribution is 9.10. The molecule has 0 aliphatic heterocycles. The first kappa shape index (κ1) is 19.2. The summed E-state index contributed by atoms with van der Waals surface area (Å²) in [5.41, 5.74) is -0.514. The Kier molecular flexibility index (Phi) is 6.30. The molecule has 1 amide bonds. The maximum Gasteiger partial charge on any atom is 0.436 e. The van der Waals surface area contributed by atoms with E-state index in [9.17, 15) is 18.0 Å². The van der Waals surface area contributed by atoms with Crippen LogP contribution in [0.1, 0.15) is 56.5 Å². The van der Waals surface area contributed by atoms with Crippen LogP contribution < -0.4 is 5.32 Å². The summed E-state index contributed by atoms with van der Waals surface area (Å²) >= 11 is 3.03. The molecule has 136 valence electrons. The normalized spacial score (nSPS) is 16.2. The fourth-order valence-electron chi connectivity index (χ4n) is 2.42. The molecule has 1 atom stereocenters. The molecule has 1 aromatic rings. The van der Waals surface area contributed by atoms with Crippen molar-refractivity contribution in [1.29, 1.82) is 0 Å². The predicted molar refractivity (Wildman–Crippen MR) is 85.7 cm³/mol. The fourth-order valence-corrected chi connectivity index (χ4v) is 3.23. The molecule has 1 aliphatic carbocycles. The van der Waals surface area contributed by atoms with E-state index in [4.69, 9.17) is 4.74 Å². The minimum Gasteiger partial charge on any atom is -0.382 e. The molecule has 0 saturated heterocycles. The molecule has 1 saturated carbocycles. The van der Waals surface area contributed by atoms with E-state index < -0.39 is 17.9 Å². The van der Waals surface area contributed by atoms with E-state index in [-0.39, 0.29) is 16.3 Å². The highest BCUT2D eigenvalue weighted by Gasteiger charge is 2.42. The van der Waals surface area contributed by atoms with Gasteiger partial charge in [0.1, 0.15) is 6.04 Å². The molecular weight excluding hydrogens is 391 g/mol. The van der Waals surface area contributed by atoms with Crippen molar-refractivity contribution in [2.75, 3.05) is 19.8 Å². The number of alkyl halides is 3. The third-order valence-electron chi connectivity index (χ3n) is 3.84. The third kappa shape index (κ3) is 4.50. The SMILES string of the molecule is CCOCCCNC(=O)C(C)n1nc(C(F)(F)F)c(Br)c1C1CC1. The Morgan fingerprint density at radius 2 is 2.17 bits per heavy atom. The van der Waals surface area contributed by atoms with Crippen LogP contribution in [0, 0.1) is 0 Å². The van der Waals surface area contributed by atoms with Crippen molar-refractivity contribution in [3.63, 3.8) is 0 Å². The summed E-state index contributed by atoms with van der Waals surface area (Å²) in [5.74, 6) is -0.326. The van der Waals surface area contributed by atoms with Crippen LogP contribution in [0.25, 0.3) is 0 Å². The Balaban J connectivity index is 2.10. The Labute approximate surface area is 147 Å². The summed E-state index contributed by atoms with van der Waals surface area (Å²) in [7, 11) is 0. The number of rotatable bonds is 8. The first-order chi connectivity index (χ1) is 11.3. The quantitative estimate of drug-likeness (QED) is 0.664. The van der Waals surface area contributed by atoms with Crippen molar-refractivity contribution in [2.45, 2.75) is 51.2 Å². The van der Waals surface area contributed by atoms with Crippen molar-refractivity contribution in [3.8, 4) is 0 Å². The van der Waals surface area contributed by atoms with Crippen LogP contribution in [-0.4, -0.2) is 35.4 Å². The number of nitrogens with zero attached hydrogens (tertiary/aromatic N) is 2. The van der Waals surface area contributed by atoms with Crippen LogP contribution in [0.3, 0.4) is 0 Å². The molecule has 0 radical (unpaired) electrons. The van der Waals surface area contributed by atoms with Crippen LogP contribution in [0.4, 0.5) is 13.2 Å². The lowest BCUT2D eigenvalue weighted by Crippen LogP contribution is -2.33. The molecular formula is C15H21BrF3N3O2.